The molecule has 0 spiro atoms. The molecule has 0 aromatic heterocycles. The highest BCUT2D eigenvalue weighted by atomic mass is 32.2. The number of hydrogen-bond acceptors (Lipinski definition) is 4. The Hall–Kier alpha value is -3.01. The van der Waals surface area contributed by atoms with Gasteiger partial charge in [-0.1, -0.05) is 49.6 Å². The number of anilines is 1. The van der Waals surface area contributed by atoms with E-state index in [1.54, 1.807) is 6.07 Å². The van der Waals surface area contributed by atoms with Crippen LogP contribution in [0.1, 0.15) is 44.6 Å². The maximum absolute atomic E-state index is 14.4. The number of nitrogens with one attached hydrogen (secondary N) is 1. The molecule has 0 heterocycles. The van der Waals surface area contributed by atoms with Gasteiger partial charge >= 0.3 is 0 Å². The van der Waals surface area contributed by atoms with Crippen LogP contribution in [0.15, 0.2) is 48.5 Å². The molecule has 190 valence electrons. The first-order valence-corrected chi connectivity index (χ1v) is 13.5. The van der Waals surface area contributed by atoms with Gasteiger partial charge in [-0.05, 0) is 38.0 Å². The summed E-state index contributed by atoms with van der Waals surface area (Å²) in [4.78, 5) is 27.6. The molecule has 3 rings (SSSR count). The minimum absolute atomic E-state index is 0.00459. The molecular weight excluding hydrogens is 476 g/mol. The van der Waals surface area contributed by atoms with Gasteiger partial charge in [0.05, 0.1) is 11.9 Å². The first-order chi connectivity index (χ1) is 16.6. The molecule has 2 aromatic carbocycles. The number of nitrogens with zero attached hydrogens (tertiary/aromatic N) is 2. The molecular formula is C25H31F2N3O4S. The van der Waals surface area contributed by atoms with E-state index in [2.05, 4.69) is 5.32 Å². The second-order valence-corrected chi connectivity index (χ2v) is 10.8. The van der Waals surface area contributed by atoms with Crippen molar-refractivity contribution in [2.24, 2.45) is 0 Å². The molecule has 0 bridgehead atoms. The Morgan fingerprint density at radius 3 is 2.20 bits per heavy atom. The van der Waals surface area contributed by atoms with Crippen molar-refractivity contribution in [3.63, 3.8) is 0 Å². The van der Waals surface area contributed by atoms with E-state index < -0.39 is 46.1 Å². The van der Waals surface area contributed by atoms with Crippen molar-refractivity contribution in [3.8, 4) is 0 Å². The molecule has 10 heteroatoms. The number of carbonyl (C=O) groups excluding carboxylic acids is 2. The van der Waals surface area contributed by atoms with Crippen molar-refractivity contribution in [2.75, 3.05) is 17.1 Å². The van der Waals surface area contributed by atoms with Gasteiger partial charge in [0.15, 0.2) is 0 Å². The van der Waals surface area contributed by atoms with Crippen molar-refractivity contribution in [3.05, 3.63) is 65.7 Å². The van der Waals surface area contributed by atoms with E-state index in [9.17, 15) is 26.8 Å². The molecule has 1 N–H and O–H groups in total. The topological polar surface area (TPSA) is 86.8 Å². The van der Waals surface area contributed by atoms with Crippen molar-refractivity contribution < 1.29 is 26.8 Å². The number of benzene rings is 2. The highest BCUT2D eigenvalue weighted by molar-refractivity contribution is 7.92. The predicted molar refractivity (Wildman–Crippen MR) is 130 cm³/mol. The number of para-hydroxylation sites is 1. The first kappa shape index (κ1) is 26.6. The molecule has 7 nitrogen and oxygen atoms in total. The number of amides is 2. The number of rotatable bonds is 9. The van der Waals surface area contributed by atoms with E-state index in [0.29, 0.717) is 4.31 Å². The lowest BCUT2D eigenvalue weighted by atomic mass is 9.95. The van der Waals surface area contributed by atoms with Gasteiger partial charge in [-0.3, -0.25) is 13.9 Å². The molecule has 0 unspecified atom stereocenters. The van der Waals surface area contributed by atoms with Crippen molar-refractivity contribution >= 4 is 27.5 Å². The fraction of sp³-hybridized carbons (Fsp3) is 0.440. The van der Waals surface area contributed by atoms with Crippen LogP contribution in [0, 0.1) is 11.6 Å². The van der Waals surface area contributed by atoms with Crippen LogP contribution in [0.3, 0.4) is 0 Å². The normalized spacial score (nSPS) is 15.3. The molecule has 35 heavy (non-hydrogen) atoms. The zero-order chi connectivity index (χ0) is 25.6. The summed E-state index contributed by atoms with van der Waals surface area (Å²) in [6, 6.07) is 10.0. The van der Waals surface area contributed by atoms with Crippen LogP contribution in [0.2, 0.25) is 0 Å². The number of sulfonamides is 1. The minimum Gasteiger partial charge on any atom is -0.352 e. The molecule has 0 saturated heterocycles. The van der Waals surface area contributed by atoms with E-state index >= 15 is 0 Å². The Labute approximate surface area is 205 Å². The molecule has 1 atom stereocenters. The van der Waals surface area contributed by atoms with Gasteiger partial charge in [0.1, 0.15) is 24.2 Å². The van der Waals surface area contributed by atoms with Gasteiger partial charge in [0.25, 0.3) is 0 Å². The highest BCUT2D eigenvalue weighted by Gasteiger charge is 2.32. The van der Waals surface area contributed by atoms with Gasteiger partial charge in [0.2, 0.25) is 21.8 Å². The van der Waals surface area contributed by atoms with Crippen molar-refractivity contribution in [1.29, 1.82) is 0 Å². The van der Waals surface area contributed by atoms with Crippen molar-refractivity contribution in [1.82, 2.24) is 10.2 Å². The van der Waals surface area contributed by atoms with Crippen LogP contribution in [-0.4, -0.2) is 50.0 Å². The quantitative estimate of drug-likeness (QED) is 0.562. The maximum Gasteiger partial charge on any atom is 0.244 e. The standard InChI is InChI=1S/C25H31F2N3O4S/c1-18(25(32)28-20-11-4-3-5-12-20)29(16-19-10-6-7-13-21(19)26)24(31)17-30(35(2,33)34)23-15-9-8-14-22(23)27/h6-10,13-15,18,20H,3-5,11-12,16-17H2,1-2H3,(H,28,32)/t18-/m0/s1. The average Bonchev–Trinajstić information content (AvgIpc) is 2.82. The van der Waals surface area contributed by atoms with Gasteiger partial charge in [-0.2, -0.15) is 0 Å². The second kappa shape index (κ2) is 11.6. The molecule has 2 aromatic rings. The third-order valence-electron chi connectivity index (χ3n) is 6.22. The third kappa shape index (κ3) is 7.00. The Balaban J connectivity index is 1.89. The van der Waals surface area contributed by atoms with E-state index in [4.69, 9.17) is 0 Å². The molecule has 1 fully saturated rings. The van der Waals surface area contributed by atoms with Gasteiger partial charge in [-0.25, -0.2) is 17.2 Å². The van der Waals surface area contributed by atoms with Gasteiger partial charge < -0.3 is 10.2 Å². The fourth-order valence-electron chi connectivity index (χ4n) is 4.21. The highest BCUT2D eigenvalue weighted by Crippen LogP contribution is 2.23. The lowest BCUT2D eigenvalue weighted by Gasteiger charge is -2.33. The average molecular weight is 508 g/mol. The summed E-state index contributed by atoms with van der Waals surface area (Å²) >= 11 is 0. The third-order valence-corrected chi connectivity index (χ3v) is 7.34. The Morgan fingerprint density at radius 1 is 1.00 bits per heavy atom. The monoisotopic (exact) mass is 507 g/mol. The van der Waals surface area contributed by atoms with Crippen LogP contribution in [-0.2, 0) is 26.2 Å². The summed E-state index contributed by atoms with van der Waals surface area (Å²) in [5.41, 5.74) is -0.108. The summed E-state index contributed by atoms with van der Waals surface area (Å²) in [5.74, 6) is -2.53. The lowest BCUT2D eigenvalue weighted by molar-refractivity contribution is -0.139. The van der Waals surface area contributed by atoms with Crippen LogP contribution in [0.25, 0.3) is 0 Å². The smallest absolute Gasteiger partial charge is 0.244 e. The van der Waals surface area contributed by atoms with Gasteiger partial charge in [-0.15, -0.1) is 0 Å². The first-order valence-electron chi connectivity index (χ1n) is 11.6. The van der Waals surface area contributed by atoms with E-state index in [-0.39, 0.29) is 23.8 Å². The van der Waals surface area contributed by atoms with E-state index in [1.165, 1.54) is 43.3 Å². The SMILES string of the molecule is C[C@@H](C(=O)NC1CCCCC1)N(Cc1ccccc1F)C(=O)CN(c1ccccc1F)S(C)(=O)=O. The predicted octanol–water partition coefficient (Wildman–Crippen LogP) is 3.60. The molecule has 0 radical (unpaired) electrons. The maximum atomic E-state index is 14.4. The molecule has 1 saturated carbocycles. The Morgan fingerprint density at radius 2 is 1.60 bits per heavy atom. The molecule has 2 amide bonds. The number of carbonyl (C=O) groups is 2. The zero-order valence-corrected chi connectivity index (χ0v) is 20.7. The molecule has 0 aliphatic heterocycles. The van der Waals surface area contributed by atoms with Crippen LogP contribution < -0.4 is 9.62 Å². The summed E-state index contributed by atoms with van der Waals surface area (Å²) < 4.78 is 54.4. The van der Waals surface area contributed by atoms with Crippen molar-refractivity contribution in [2.45, 2.75) is 57.7 Å². The van der Waals surface area contributed by atoms with E-state index in [0.717, 1.165) is 49.3 Å². The Bertz CT molecular complexity index is 1150. The fourth-order valence-corrected chi connectivity index (χ4v) is 5.06. The van der Waals surface area contributed by atoms with Crippen LogP contribution in [0.5, 0.6) is 0 Å². The largest absolute Gasteiger partial charge is 0.352 e. The minimum atomic E-state index is -4.05. The Kier molecular flexibility index (Phi) is 8.82. The molecule has 1 aliphatic carbocycles. The second-order valence-electron chi connectivity index (χ2n) is 8.85. The summed E-state index contributed by atoms with van der Waals surface area (Å²) in [6.45, 7) is 0.527. The summed E-state index contributed by atoms with van der Waals surface area (Å²) in [5, 5.41) is 2.96. The lowest BCUT2D eigenvalue weighted by Crippen LogP contribution is -2.53. The van der Waals surface area contributed by atoms with Gasteiger partial charge in [0, 0.05) is 18.2 Å². The summed E-state index contributed by atoms with van der Waals surface area (Å²) in [7, 11) is -4.05. The number of hydrogen-bond donors (Lipinski definition) is 1. The van der Waals surface area contributed by atoms with Crippen LogP contribution in [0.4, 0.5) is 14.5 Å². The number of halogens is 2. The molecule has 1 aliphatic rings. The van der Waals surface area contributed by atoms with E-state index in [1.807, 2.05) is 0 Å². The zero-order valence-electron chi connectivity index (χ0n) is 19.9. The van der Waals surface area contributed by atoms with Crippen LogP contribution >= 0.6 is 0 Å². The summed E-state index contributed by atoms with van der Waals surface area (Å²) in [6.07, 6.45) is 5.67.